The van der Waals surface area contributed by atoms with E-state index >= 15 is 0 Å². The summed E-state index contributed by atoms with van der Waals surface area (Å²) in [6.45, 7) is 2.14. The number of nitrogens with one attached hydrogen (secondary N) is 1. The number of carboxylic acid groups (broad SMARTS) is 1. The fourth-order valence-electron chi connectivity index (χ4n) is 2.44. The first kappa shape index (κ1) is 12.7. The zero-order valence-corrected chi connectivity index (χ0v) is 10.9. The average Bonchev–Trinajstić information content (AvgIpc) is 2.98. The van der Waals surface area contributed by atoms with Crippen molar-refractivity contribution in [3.63, 3.8) is 0 Å². The molecule has 0 bridgehead atoms. The van der Waals surface area contributed by atoms with E-state index < -0.39 is 11.4 Å². The number of amides is 1. The number of aliphatic carboxylic acids is 1. The Kier molecular flexibility index (Phi) is 3.66. The van der Waals surface area contributed by atoms with Crippen molar-refractivity contribution in [1.82, 2.24) is 5.32 Å². The molecule has 0 heterocycles. The van der Waals surface area contributed by atoms with Gasteiger partial charge in [0.2, 0.25) is 5.91 Å². The second-order valence-electron chi connectivity index (χ2n) is 4.95. The van der Waals surface area contributed by atoms with Crippen molar-refractivity contribution in [2.75, 3.05) is 5.75 Å². The Hall–Kier alpha value is -0.710. The average molecular weight is 257 g/mol. The van der Waals surface area contributed by atoms with Crippen molar-refractivity contribution in [3.8, 4) is 0 Å². The van der Waals surface area contributed by atoms with E-state index in [1.165, 1.54) is 0 Å². The molecule has 2 fully saturated rings. The Morgan fingerprint density at radius 2 is 2.12 bits per heavy atom. The Morgan fingerprint density at radius 3 is 2.65 bits per heavy atom. The van der Waals surface area contributed by atoms with E-state index in [-0.39, 0.29) is 11.9 Å². The summed E-state index contributed by atoms with van der Waals surface area (Å²) in [5.41, 5.74) is -1.09. The van der Waals surface area contributed by atoms with Crippen LogP contribution in [-0.2, 0) is 9.59 Å². The molecule has 2 aliphatic carbocycles. The molecule has 0 aliphatic heterocycles. The minimum absolute atomic E-state index is 0.184. The van der Waals surface area contributed by atoms with Gasteiger partial charge in [0.05, 0.1) is 0 Å². The van der Waals surface area contributed by atoms with E-state index in [4.69, 9.17) is 5.11 Å². The maximum Gasteiger partial charge on any atom is 0.319 e. The summed E-state index contributed by atoms with van der Waals surface area (Å²) in [5, 5.41) is 12.6. The highest BCUT2D eigenvalue weighted by Gasteiger charge is 2.57. The number of thioether (sulfide) groups is 1. The normalized spacial score (nSPS) is 29.9. The highest BCUT2D eigenvalue weighted by molar-refractivity contribution is 7.99. The van der Waals surface area contributed by atoms with Crippen LogP contribution in [0.2, 0.25) is 0 Å². The minimum atomic E-state index is -1.09. The lowest BCUT2D eigenvalue weighted by Crippen LogP contribution is -2.42. The van der Waals surface area contributed by atoms with Gasteiger partial charge in [-0.1, -0.05) is 6.92 Å². The molecule has 2 N–H and O–H groups in total. The van der Waals surface area contributed by atoms with Crippen LogP contribution in [0.15, 0.2) is 0 Å². The van der Waals surface area contributed by atoms with Gasteiger partial charge in [0.15, 0.2) is 0 Å². The predicted molar refractivity (Wildman–Crippen MR) is 67.0 cm³/mol. The van der Waals surface area contributed by atoms with Crippen molar-refractivity contribution in [1.29, 1.82) is 0 Å². The molecular formula is C12H19NO3S. The molecule has 2 unspecified atom stereocenters. The Bertz CT molecular complexity index is 328. The molecule has 2 rings (SSSR count). The van der Waals surface area contributed by atoms with Crippen LogP contribution in [-0.4, -0.2) is 34.0 Å². The quantitative estimate of drug-likeness (QED) is 0.735. The fourth-order valence-corrected chi connectivity index (χ4v) is 3.59. The monoisotopic (exact) mass is 257 g/mol. The topological polar surface area (TPSA) is 66.4 Å². The number of hydrogen-bond donors (Lipinski definition) is 2. The number of carboxylic acids is 1. The fraction of sp³-hybridized carbons (Fsp3) is 0.833. The van der Waals surface area contributed by atoms with Crippen molar-refractivity contribution < 1.29 is 14.7 Å². The smallest absolute Gasteiger partial charge is 0.319 e. The van der Waals surface area contributed by atoms with Gasteiger partial charge in [0.25, 0.3) is 0 Å². The van der Waals surface area contributed by atoms with Gasteiger partial charge in [0.1, 0.15) is 5.41 Å². The van der Waals surface area contributed by atoms with E-state index in [0.29, 0.717) is 18.1 Å². The summed E-state index contributed by atoms with van der Waals surface area (Å²) in [6.07, 6.45) is 4.09. The molecule has 4 nitrogen and oxygen atoms in total. The first-order valence-corrected chi connectivity index (χ1v) is 7.29. The molecule has 0 saturated heterocycles. The number of carbonyl (C=O) groups is 2. The molecule has 96 valence electrons. The summed E-state index contributed by atoms with van der Waals surface area (Å²) < 4.78 is 0. The molecule has 0 aromatic heterocycles. The molecule has 2 saturated carbocycles. The molecule has 5 heteroatoms. The zero-order chi connectivity index (χ0) is 12.5. The summed E-state index contributed by atoms with van der Waals surface area (Å²) in [6, 6.07) is 0.184. The van der Waals surface area contributed by atoms with E-state index in [1.54, 1.807) is 0 Å². The van der Waals surface area contributed by atoms with Crippen LogP contribution in [0.3, 0.4) is 0 Å². The third-order valence-electron chi connectivity index (χ3n) is 3.72. The number of carbonyl (C=O) groups excluding carboxylic acids is 1. The van der Waals surface area contributed by atoms with Crippen molar-refractivity contribution >= 4 is 23.6 Å². The number of hydrogen-bond acceptors (Lipinski definition) is 3. The highest BCUT2D eigenvalue weighted by atomic mass is 32.2. The van der Waals surface area contributed by atoms with Gasteiger partial charge >= 0.3 is 5.97 Å². The van der Waals surface area contributed by atoms with Gasteiger partial charge in [-0.2, -0.15) is 11.8 Å². The summed E-state index contributed by atoms with van der Waals surface area (Å²) >= 11 is 1.93. The van der Waals surface area contributed by atoms with Gasteiger partial charge < -0.3 is 10.4 Å². The molecule has 2 atom stereocenters. The van der Waals surface area contributed by atoms with Crippen LogP contribution < -0.4 is 5.32 Å². The van der Waals surface area contributed by atoms with Crippen LogP contribution in [0, 0.1) is 5.41 Å². The number of rotatable bonds is 5. The van der Waals surface area contributed by atoms with E-state index in [0.717, 1.165) is 25.0 Å². The lowest BCUT2D eigenvalue weighted by Gasteiger charge is -2.16. The first-order valence-electron chi connectivity index (χ1n) is 6.24. The first-order chi connectivity index (χ1) is 8.08. The van der Waals surface area contributed by atoms with Gasteiger partial charge in [-0.15, -0.1) is 0 Å². The Morgan fingerprint density at radius 1 is 1.41 bits per heavy atom. The maximum atomic E-state index is 11.9. The summed E-state index contributed by atoms with van der Waals surface area (Å²) in [7, 11) is 0. The second kappa shape index (κ2) is 4.88. The van der Waals surface area contributed by atoms with Crippen molar-refractivity contribution in [2.24, 2.45) is 5.41 Å². The minimum Gasteiger partial charge on any atom is -0.480 e. The molecule has 1 amide bonds. The Labute approximate surface area is 106 Å². The highest BCUT2D eigenvalue weighted by Crippen LogP contribution is 2.46. The standard InChI is InChI=1S/C12H19NO3S/c1-2-17-9-4-3-8(7-9)13-10(14)12(5-6-12)11(15)16/h8-9H,2-7H2,1H3,(H,13,14)(H,15,16). The van der Waals surface area contributed by atoms with Gasteiger partial charge in [-0.25, -0.2) is 0 Å². The lowest BCUT2D eigenvalue weighted by atomic mass is 10.1. The lowest BCUT2D eigenvalue weighted by molar-refractivity contribution is -0.149. The van der Waals surface area contributed by atoms with Gasteiger partial charge in [-0.3, -0.25) is 9.59 Å². The maximum absolute atomic E-state index is 11.9. The van der Waals surface area contributed by atoms with Gasteiger partial charge in [-0.05, 0) is 37.9 Å². The van der Waals surface area contributed by atoms with E-state index in [2.05, 4.69) is 12.2 Å². The summed E-state index contributed by atoms with van der Waals surface area (Å²) in [5.74, 6) is -0.130. The third-order valence-corrected chi connectivity index (χ3v) is 4.95. The van der Waals surface area contributed by atoms with Crippen LogP contribution in [0.25, 0.3) is 0 Å². The third kappa shape index (κ3) is 2.59. The second-order valence-corrected chi connectivity index (χ2v) is 6.53. The van der Waals surface area contributed by atoms with Crippen LogP contribution >= 0.6 is 11.8 Å². The zero-order valence-electron chi connectivity index (χ0n) is 10.1. The largest absolute Gasteiger partial charge is 0.480 e. The van der Waals surface area contributed by atoms with Gasteiger partial charge in [0, 0.05) is 11.3 Å². The van der Waals surface area contributed by atoms with Crippen LogP contribution in [0.5, 0.6) is 0 Å². The molecule has 0 aromatic carbocycles. The van der Waals surface area contributed by atoms with E-state index in [9.17, 15) is 9.59 Å². The summed E-state index contributed by atoms with van der Waals surface area (Å²) in [4.78, 5) is 22.9. The SMILES string of the molecule is CCSC1CCC(NC(=O)C2(C(=O)O)CC2)C1. The molecule has 0 spiro atoms. The molecular weight excluding hydrogens is 238 g/mol. The molecule has 2 aliphatic rings. The van der Waals surface area contributed by atoms with Crippen molar-refractivity contribution in [2.45, 2.75) is 50.3 Å². The molecule has 17 heavy (non-hydrogen) atoms. The molecule has 0 aromatic rings. The van der Waals surface area contributed by atoms with E-state index in [1.807, 2.05) is 11.8 Å². The molecule has 0 radical (unpaired) electrons. The van der Waals surface area contributed by atoms with Crippen LogP contribution in [0.1, 0.15) is 39.0 Å². The Balaban J connectivity index is 1.83. The van der Waals surface area contributed by atoms with Crippen LogP contribution in [0.4, 0.5) is 0 Å². The predicted octanol–water partition coefficient (Wildman–Crippen LogP) is 1.64. The van der Waals surface area contributed by atoms with Crippen molar-refractivity contribution in [3.05, 3.63) is 0 Å².